The van der Waals surface area contributed by atoms with Gasteiger partial charge in [-0.1, -0.05) is 11.9 Å². The van der Waals surface area contributed by atoms with E-state index in [-0.39, 0.29) is 11.9 Å². The smallest absolute Gasteiger partial charge is 0.254 e. The third kappa shape index (κ3) is 5.12. The molecule has 188 valence electrons. The molecular weight excluding hydrogens is 484 g/mol. The second-order valence-electron chi connectivity index (χ2n) is 9.09. The SMILES string of the molecule is CSNc1cc(C(=O)N2CC[C@@H](N3Cc4cnc(Nc5ccc(F)c(F)c5)nc4C3)C[C@H]2C)ccn1. The summed E-state index contributed by atoms with van der Waals surface area (Å²) in [4.78, 5) is 30.7. The summed E-state index contributed by atoms with van der Waals surface area (Å²) < 4.78 is 29.8. The van der Waals surface area contributed by atoms with E-state index in [1.54, 1.807) is 24.5 Å². The molecule has 3 aromatic rings. The zero-order valence-electron chi connectivity index (χ0n) is 20.0. The molecule has 1 aromatic carbocycles. The Hall–Kier alpha value is -3.31. The maximum atomic E-state index is 13.5. The van der Waals surface area contributed by atoms with Gasteiger partial charge in [0.05, 0.1) is 5.69 Å². The topological polar surface area (TPSA) is 86.3 Å². The van der Waals surface area contributed by atoms with Gasteiger partial charge in [0.2, 0.25) is 5.95 Å². The first-order chi connectivity index (χ1) is 17.4. The van der Waals surface area contributed by atoms with Gasteiger partial charge in [-0.05, 0) is 44.0 Å². The standard InChI is InChI=1S/C25H27F2N7OS/c1-15-9-19(6-8-34(15)24(35)16-5-7-28-23(10-16)32-36-2)33-13-17-12-29-25(31-22(17)14-33)30-18-3-4-20(26)21(27)11-18/h3-5,7,10-12,15,19H,6,8-9,13-14H2,1-2H3,(H,28,32)(H,29,30,31)/t15-,19-/m1/s1. The van der Waals surface area contributed by atoms with Crippen molar-refractivity contribution in [2.75, 3.05) is 22.8 Å². The van der Waals surface area contributed by atoms with Crippen LogP contribution in [0.15, 0.2) is 42.7 Å². The number of likely N-dealkylation sites (tertiary alicyclic amines) is 1. The lowest BCUT2D eigenvalue weighted by Gasteiger charge is -2.41. The van der Waals surface area contributed by atoms with E-state index in [0.29, 0.717) is 42.1 Å². The van der Waals surface area contributed by atoms with Gasteiger partial charge in [0, 0.05) is 73.2 Å². The number of aromatic nitrogens is 3. The second kappa shape index (κ2) is 10.4. The molecule has 1 saturated heterocycles. The van der Waals surface area contributed by atoms with E-state index in [2.05, 4.69) is 36.8 Å². The molecule has 2 atom stereocenters. The summed E-state index contributed by atoms with van der Waals surface area (Å²) in [5.74, 6) is -0.775. The minimum Gasteiger partial charge on any atom is -0.336 e. The number of carbonyl (C=O) groups is 1. The highest BCUT2D eigenvalue weighted by atomic mass is 32.2. The molecule has 2 aromatic heterocycles. The van der Waals surface area contributed by atoms with Crippen molar-refractivity contribution in [3.05, 3.63) is 71.2 Å². The van der Waals surface area contributed by atoms with E-state index in [1.165, 1.54) is 18.0 Å². The molecule has 11 heteroatoms. The first-order valence-corrected chi connectivity index (χ1v) is 13.0. The van der Waals surface area contributed by atoms with Crippen LogP contribution >= 0.6 is 11.9 Å². The molecule has 36 heavy (non-hydrogen) atoms. The lowest BCUT2D eigenvalue weighted by molar-refractivity contribution is 0.0460. The van der Waals surface area contributed by atoms with Gasteiger partial charge in [0.15, 0.2) is 11.6 Å². The maximum Gasteiger partial charge on any atom is 0.254 e. The number of pyridine rings is 1. The molecule has 5 rings (SSSR count). The highest BCUT2D eigenvalue weighted by molar-refractivity contribution is 7.99. The van der Waals surface area contributed by atoms with Crippen molar-refractivity contribution >= 4 is 35.3 Å². The maximum absolute atomic E-state index is 13.5. The quantitative estimate of drug-likeness (QED) is 0.465. The average Bonchev–Trinajstić information content (AvgIpc) is 3.30. The van der Waals surface area contributed by atoms with E-state index < -0.39 is 11.6 Å². The number of piperidine rings is 1. The molecule has 2 aliphatic rings. The average molecular weight is 512 g/mol. The Balaban J connectivity index is 1.21. The van der Waals surface area contributed by atoms with Crippen molar-refractivity contribution in [2.24, 2.45) is 0 Å². The number of fused-ring (bicyclic) bond motifs is 1. The molecule has 0 radical (unpaired) electrons. The first-order valence-electron chi connectivity index (χ1n) is 11.8. The van der Waals surface area contributed by atoms with Crippen LogP contribution in [0.2, 0.25) is 0 Å². The first kappa shape index (κ1) is 24.4. The van der Waals surface area contributed by atoms with Crippen LogP contribution in [-0.4, -0.2) is 55.5 Å². The third-order valence-corrected chi connectivity index (χ3v) is 7.11. The van der Waals surface area contributed by atoms with Gasteiger partial charge >= 0.3 is 0 Å². The third-order valence-electron chi connectivity index (χ3n) is 6.70. The zero-order valence-corrected chi connectivity index (χ0v) is 20.9. The lowest BCUT2D eigenvalue weighted by Crippen LogP contribution is -2.50. The fraction of sp³-hybridized carbons (Fsp3) is 0.360. The van der Waals surface area contributed by atoms with E-state index in [1.807, 2.05) is 11.2 Å². The van der Waals surface area contributed by atoms with Crippen LogP contribution in [0, 0.1) is 11.6 Å². The van der Waals surface area contributed by atoms with Gasteiger partial charge in [0.25, 0.3) is 5.91 Å². The number of amides is 1. The summed E-state index contributed by atoms with van der Waals surface area (Å²) in [5.41, 5.74) is 3.01. The second-order valence-corrected chi connectivity index (χ2v) is 9.70. The molecule has 0 bridgehead atoms. The van der Waals surface area contributed by atoms with Crippen LogP contribution < -0.4 is 10.0 Å². The highest BCUT2D eigenvalue weighted by Crippen LogP contribution is 2.31. The molecule has 2 N–H and O–H groups in total. The van der Waals surface area contributed by atoms with Gasteiger partial charge in [-0.25, -0.2) is 23.7 Å². The number of benzene rings is 1. The summed E-state index contributed by atoms with van der Waals surface area (Å²) in [7, 11) is 0. The Morgan fingerprint density at radius 1 is 1.14 bits per heavy atom. The van der Waals surface area contributed by atoms with Crippen molar-refractivity contribution in [1.29, 1.82) is 0 Å². The Morgan fingerprint density at radius 3 is 2.78 bits per heavy atom. The largest absolute Gasteiger partial charge is 0.336 e. The number of halogens is 2. The number of hydrogen-bond acceptors (Lipinski definition) is 8. The zero-order chi connectivity index (χ0) is 25.2. The molecular formula is C25H27F2N7OS. The summed E-state index contributed by atoms with van der Waals surface area (Å²) >= 11 is 1.44. The van der Waals surface area contributed by atoms with Crippen molar-refractivity contribution in [3.63, 3.8) is 0 Å². The van der Waals surface area contributed by atoms with E-state index in [4.69, 9.17) is 0 Å². The van der Waals surface area contributed by atoms with Gasteiger partial charge in [0.1, 0.15) is 5.82 Å². The normalized spacial score (nSPS) is 19.7. The molecule has 8 nitrogen and oxygen atoms in total. The molecule has 0 spiro atoms. The summed E-state index contributed by atoms with van der Waals surface area (Å²) in [6, 6.07) is 7.58. The van der Waals surface area contributed by atoms with Gasteiger partial charge < -0.3 is 14.9 Å². The summed E-state index contributed by atoms with van der Waals surface area (Å²) in [6.07, 6.45) is 7.10. The fourth-order valence-electron chi connectivity index (χ4n) is 4.87. The van der Waals surface area contributed by atoms with Crippen molar-refractivity contribution in [3.8, 4) is 0 Å². The Morgan fingerprint density at radius 2 is 2.00 bits per heavy atom. The van der Waals surface area contributed by atoms with E-state index in [0.717, 1.165) is 42.8 Å². The molecule has 0 aliphatic carbocycles. The van der Waals surface area contributed by atoms with Crippen LogP contribution in [0.1, 0.15) is 41.4 Å². The Bertz CT molecular complexity index is 1280. The minimum absolute atomic E-state index is 0.0241. The number of anilines is 3. The van der Waals surface area contributed by atoms with Crippen molar-refractivity contribution < 1.29 is 13.6 Å². The predicted octanol–water partition coefficient (Wildman–Crippen LogP) is 4.59. The van der Waals surface area contributed by atoms with Crippen molar-refractivity contribution in [1.82, 2.24) is 24.8 Å². The monoisotopic (exact) mass is 511 g/mol. The Labute approximate surface area is 212 Å². The summed E-state index contributed by atoms with van der Waals surface area (Å²) in [6.45, 7) is 4.21. The van der Waals surface area contributed by atoms with Gasteiger partial charge in [-0.15, -0.1) is 0 Å². The molecule has 1 fully saturated rings. The number of hydrogen-bond donors (Lipinski definition) is 2. The predicted molar refractivity (Wildman–Crippen MR) is 136 cm³/mol. The van der Waals surface area contributed by atoms with Crippen LogP contribution in [-0.2, 0) is 13.1 Å². The summed E-state index contributed by atoms with van der Waals surface area (Å²) in [5, 5.41) is 2.95. The number of nitrogens with one attached hydrogen (secondary N) is 2. The molecule has 0 saturated carbocycles. The number of carbonyl (C=O) groups excluding carboxylic acids is 1. The van der Waals surface area contributed by atoms with Crippen molar-refractivity contribution in [2.45, 2.75) is 44.9 Å². The van der Waals surface area contributed by atoms with E-state index >= 15 is 0 Å². The van der Waals surface area contributed by atoms with Gasteiger partial charge in [-0.3, -0.25) is 9.69 Å². The minimum atomic E-state index is -0.924. The molecule has 0 unspecified atom stereocenters. The van der Waals surface area contributed by atoms with Crippen LogP contribution in [0.4, 0.5) is 26.2 Å². The van der Waals surface area contributed by atoms with Crippen LogP contribution in [0.3, 0.4) is 0 Å². The lowest BCUT2D eigenvalue weighted by atomic mass is 9.96. The van der Waals surface area contributed by atoms with Gasteiger partial charge in [-0.2, -0.15) is 0 Å². The van der Waals surface area contributed by atoms with E-state index in [9.17, 15) is 13.6 Å². The molecule has 1 amide bonds. The Kier molecular flexibility index (Phi) is 7.01. The van der Waals surface area contributed by atoms with Crippen LogP contribution in [0.5, 0.6) is 0 Å². The number of rotatable bonds is 6. The van der Waals surface area contributed by atoms with Crippen LogP contribution in [0.25, 0.3) is 0 Å². The highest BCUT2D eigenvalue weighted by Gasteiger charge is 2.35. The molecule has 2 aliphatic heterocycles. The molecule has 4 heterocycles. The fourth-order valence-corrected chi connectivity index (χ4v) is 5.19. The number of nitrogens with zero attached hydrogens (tertiary/aromatic N) is 5.